The van der Waals surface area contributed by atoms with Crippen LogP contribution in [0.2, 0.25) is 5.02 Å². The number of hydrogen-bond donors (Lipinski definition) is 2. The van der Waals surface area contributed by atoms with E-state index in [-0.39, 0.29) is 18.3 Å². The highest BCUT2D eigenvalue weighted by molar-refractivity contribution is 7.15. The lowest BCUT2D eigenvalue weighted by Crippen LogP contribution is -2.24. The Morgan fingerprint density at radius 1 is 1.21 bits per heavy atom. The van der Waals surface area contributed by atoms with Gasteiger partial charge in [0, 0.05) is 28.4 Å². The number of anilines is 1. The summed E-state index contributed by atoms with van der Waals surface area (Å²) in [6, 6.07) is 13.8. The number of aromatic nitrogens is 1. The van der Waals surface area contributed by atoms with Gasteiger partial charge < -0.3 is 5.32 Å². The number of nitrogens with one attached hydrogen (secondary N) is 2. The number of thiazole rings is 1. The van der Waals surface area contributed by atoms with Crippen LogP contribution in [0.3, 0.4) is 0 Å². The summed E-state index contributed by atoms with van der Waals surface area (Å²) in [5, 5.41) is 7.73. The molecule has 0 saturated heterocycles. The van der Waals surface area contributed by atoms with Gasteiger partial charge in [-0.15, -0.1) is 23.7 Å². The summed E-state index contributed by atoms with van der Waals surface area (Å²) in [6.45, 7) is 3.92. The van der Waals surface area contributed by atoms with Gasteiger partial charge in [-0.05, 0) is 60.3 Å². The molecule has 0 radical (unpaired) electrons. The van der Waals surface area contributed by atoms with Gasteiger partial charge in [0.05, 0.1) is 5.69 Å². The first kappa shape index (κ1) is 21.8. The van der Waals surface area contributed by atoms with Gasteiger partial charge >= 0.3 is 0 Å². The molecule has 0 bridgehead atoms. The molecule has 3 aromatic rings. The molecule has 1 aromatic heterocycles. The molecule has 1 aliphatic rings. The number of carbonyl (C=O) groups excluding carboxylic acids is 1. The summed E-state index contributed by atoms with van der Waals surface area (Å²) in [5.74, 6) is -0.101. The highest BCUT2D eigenvalue weighted by Crippen LogP contribution is 2.27. The summed E-state index contributed by atoms with van der Waals surface area (Å²) in [4.78, 5) is 18.6. The summed E-state index contributed by atoms with van der Waals surface area (Å²) >= 11 is 7.53. The van der Waals surface area contributed by atoms with Gasteiger partial charge in [0.2, 0.25) is 0 Å². The van der Waals surface area contributed by atoms with E-state index in [1.165, 1.54) is 21.6 Å². The molecule has 0 aliphatic carbocycles. The molecule has 0 atom stereocenters. The largest absolute Gasteiger partial charge is 0.312 e. The van der Waals surface area contributed by atoms with E-state index in [2.05, 4.69) is 22.5 Å². The lowest BCUT2D eigenvalue weighted by Gasteiger charge is -2.17. The molecule has 2 heterocycles. The molecule has 0 fully saturated rings. The number of hydrogen-bond acceptors (Lipinski definition) is 4. The third-order valence-corrected chi connectivity index (χ3v) is 6.23. The highest BCUT2D eigenvalue weighted by atomic mass is 35.5. The maximum Gasteiger partial charge on any atom is 0.257 e. The molecule has 4 nitrogen and oxygen atoms in total. The van der Waals surface area contributed by atoms with Crippen LogP contribution >= 0.6 is 35.3 Å². The van der Waals surface area contributed by atoms with Crippen molar-refractivity contribution in [2.75, 3.05) is 11.9 Å². The number of nitrogens with zero attached hydrogens (tertiary/aromatic N) is 1. The van der Waals surface area contributed by atoms with Crippen molar-refractivity contribution in [3.05, 3.63) is 80.3 Å². The molecule has 29 heavy (non-hydrogen) atoms. The Morgan fingerprint density at radius 3 is 2.76 bits per heavy atom. The first-order valence-corrected chi connectivity index (χ1v) is 10.7. The van der Waals surface area contributed by atoms with Crippen LogP contribution in [0.5, 0.6) is 0 Å². The number of halogens is 2. The fraction of sp³-hybridized carbons (Fsp3) is 0.273. The Balaban J connectivity index is 0.00000240. The molecule has 4 rings (SSSR count). The van der Waals surface area contributed by atoms with Crippen molar-refractivity contribution in [3.63, 3.8) is 0 Å². The Hall–Kier alpha value is -1.92. The van der Waals surface area contributed by atoms with Crippen molar-refractivity contribution < 1.29 is 4.79 Å². The van der Waals surface area contributed by atoms with Crippen LogP contribution in [0.25, 0.3) is 0 Å². The number of rotatable bonds is 5. The first-order valence-electron chi connectivity index (χ1n) is 9.49. The van der Waals surface area contributed by atoms with Crippen molar-refractivity contribution in [3.8, 4) is 0 Å². The monoisotopic (exact) mass is 447 g/mol. The van der Waals surface area contributed by atoms with Crippen LogP contribution in [-0.2, 0) is 25.8 Å². The molecule has 2 aromatic carbocycles. The zero-order valence-corrected chi connectivity index (χ0v) is 18.5. The minimum absolute atomic E-state index is 0. The smallest absolute Gasteiger partial charge is 0.257 e. The average Bonchev–Trinajstić information content (AvgIpc) is 3.10. The molecule has 0 spiro atoms. The summed E-state index contributed by atoms with van der Waals surface area (Å²) < 4.78 is 0. The Bertz CT molecular complexity index is 1000. The van der Waals surface area contributed by atoms with Gasteiger partial charge in [-0.25, -0.2) is 4.98 Å². The summed E-state index contributed by atoms with van der Waals surface area (Å²) in [7, 11) is 0. The van der Waals surface area contributed by atoms with Crippen molar-refractivity contribution in [2.45, 2.75) is 32.7 Å². The number of carbonyl (C=O) groups is 1. The van der Waals surface area contributed by atoms with Crippen LogP contribution in [-0.4, -0.2) is 17.4 Å². The highest BCUT2D eigenvalue weighted by Gasteiger charge is 2.16. The molecule has 1 aliphatic heterocycles. The van der Waals surface area contributed by atoms with Gasteiger partial charge in [0.25, 0.3) is 5.91 Å². The van der Waals surface area contributed by atoms with Crippen molar-refractivity contribution >= 4 is 46.4 Å². The lowest BCUT2D eigenvalue weighted by molar-refractivity contribution is 0.102. The Morgan fingerprint density at radius 2 is 2.00 bits per heavy atom. The summed E-state index contributed by atoms with van der Waals surface area (Å²) in [6.07, 6.45) is 2.58. The van der Waals surface area contributed by atoms with Gasteiger partial charge in [0.15, 0.2) is 5.13 Å². The minimum atomic E-state index is -0.101. The number of amides is 1. The van der Waals surface area contributed by atoms with E-state index in [9.17, 15) is 4.79 Å². The van der Waals surface area contributed by atoms with E-state index in [0.717, 1.165) is 43.1 Å². The van der Waals surface area contributed by atoms with E-state index in [1.807, 2.05) is 42.5 Å². The fourth-order valence-electron chi connectivity index (χ4n) is 3.43. The summed E-state index contributed by atoms with van der Waals surface area (Å²) in [5.41, 5.74) is 5.43. The van der Waals surface area contributed by atoms with Crippen LogP contribution < -0.4 is 10.6 Å². The standard InChI is InChI=1S/C22H22ClN3OS.ClH/c1-2-19-20(11-14-3-7-18(23)8-4-14)28-22(25-19)26-21(27)16-5-6-17-13-24-10-9-15(17)12-16;/h3-8,12,24H,2,9-11,13H2,1H3,(H,25,26,27);1H. The van der Waals surface area contributed by atoms with Gasteiger partial charge in [-0.3, -0.25) is 10.1 Å². The Kier molecular flexibility index (Phi) is 7.30. The second-order valence-electron chi connectivity index (χ2n) is 6.91. The second-order valence-corrected chi connectivity index (χ2v) is 8.43. The van der Waals surface area contributed by atoms with Gasteiger partial charge in [-0.2, -0.15) is 0 Å². The molecule has 152 valence electrons. The van der Waals surface area contributed by atoms with Crippen LogP contribution in [0.4, 0.5) is 5.13 Å². The van der Waals surface area contributed by atoms with E-state index in [4.69, 9.17) is 11.6 Å². The zero-order chi connectivity index (χ0) is 19.5. The van der Waals surface area contributed by atoms with E-state index < -0.39 is 0 Å². The lowest BCUT2D eigenvalue weighted by atomic mass is 9.98. The molecule has 0 unspecified atom stereocenters. The first-order chi connectivity index (χ1) is 13.6. The zero-order valence-electron chi connectivity index (χ0n) is 16.1. The van der Waals surface area contributed by atoms with Crippen LogP contribution in [0.1, 0.15) is 44.5 Å². The van der Waals surface area contributed by atoms with Crippen LogP contribution in [0.15, 0.2) is 42.5 Å². The molecule has 0 saturated carbocycles. The van der Waals surface area contributed by atoms with Gasteiger partial charge in [0.1, 0.15) is 0 Å². The van der Waals surface area contributed by atoms with E-state index in [0.29, 0.717) is 10.7 Å². The number of fused-ring (bicyclic) bond motifs is 1. The number of benzene rings is 2. The number of aryl methyl sites for hydroxylation is 1. The topological polar surface area (TPSA) is 54.0 Å². The average molecular weight is 448 g/mol. The third-order valence-electron chi connectivity index (χ3n) is 4.97. The van der Waals surface area contributed by atoms with Crippen molar-refractivity contribution in [1.82, 2.24) is 10.3 Å². The van der Waals surface area contributed by atoms with Crippen molar-refractivity contribution in [1.29, 1.82) is 0 Å². The minimum Gasteiger partial charge on any atom is -0.312 e. The van der Waals surface area contributed by atoms with E-state index >= 15 is 0 Å². The van der Waals surface area contributed by atoms with E-state index in [1.54, 1.807) is 11.3 Å². The quantitative estimate of drug-likeness (QED) is 0.559. The molecule has 2 N–H and O–H groups in total. The maximum absolute atomic E-state index is 12.7. The van der Waals surface area contributed by atoms with Gasteiger partial charge in [-0.1, -0.05) is 36.7 Å². The van der Waals surface area contributed by atoms with Crippen LogP contribution in [0, 0.1) is 0 Å². The predicted octanol–water partition coefficient (Wildman–Crippen LogP) is 5.27. The molecular weight excluding hydrogens is 425 g/mol. The molecule has 7 heteroatoms. The Labute approximate surface area is 186 Å². The second kappa shape index (κ2) is 9.72. The normalized spacial score (nSPS) is 12.8. The fourth-order valence-corrected chi connectivity index (χ4v) is 4.63. The maximum atomic E-state index is 12.7. The van der Waals surface area contributed by atoms with Crippen molar-refractivity contribution in [2.24, 2.45) is 0 Å². The molecular formula is C22H23Cl2N3OS. The third kappa shape index (κ3) is 5.17. The molecule has 1 amide bonds. The SMILES string of the molecule is CCc1nc(NC(=O)c2ccc3c(c2)CCNC3)sc1Cc1ccc(Cl)cc1.Cl. The predicted molar refractivity (Wildman–Crippen MR) is 123 cm³/mol.